The fourth-order valence-corrected chi connectivity index (χ4v) is 2.60. The fraction of sp³-hybridized carbons (Fsp3) is 0.357. The molecule has 1 aromatic carbocycles. The number of methoxy groups -OCH3 is 1. The Kier molecular flexibility index (Phi) is 5.21. The van der Waals surface area contributed by atoms with Crippen LogP contribution in [0, 0.1) is 0 Å². The van der Waals surface area contributed by atoms with Crippen LogP contribution < -0.4 is 4.74 Å². The first kappa shape index (κ1) is 15.4. The van der Waals surface area contributed by atoms with E-state index in [1.54, 1.807) is 7.11 Å². The fourth-order valence-electron chi connectivity index (χ4n) is 1.93. The summed E-state index contributed by atoms with van der Waals surface area (Å²) in [5.41, 5.74) is 1.06. The summed E-state index contributed by atoms with van der Waals surface area (Å²) in [4.78, 5) is 10.7. The zero-order valence-electron chi connectivity index (χ0n) is 11.9. The smallest absolute Gasteiger partial charge is 0.313 e. The number of carboxylic acid groups (broad SMARTS) is 1. The maximum absolute atomic E-state index is 10.7. The first-order valence-corrected chi connectivity index (χ1v) is 7.52. The Hall–Kier alpha value is -2.02. The molecule has 6 nitrogen and oxygen atoms in total. The highest BCUT2D eigenvalue weighted by atomic mass is 32.2. The minimum absolute atomic E-state index is 0.0278. The molecule has 7 heteroatoms. The summed E-state index contributed by atoms with van der Waals surface area (Å²) in [6.45, 7) is 2.59. The molecule has 0 aliphatic heterocycles. The number of rotatable bonds is 7. The van der Waals surface area contributed by atoms with Crippen LogP contribution in [0.2, 0.25) is 0 Å². The average molecular weight is 307 g/mol. The highest BCUT2D eigenvalue weighted by Crippen LogP contribution is 2.20. The molecule has 0 saturated heterocycles. The molecule has 0 aliphatic carbocycles. The molecule has 2 rings (SSSR count). The van der Waals surface area contributed by atoms with Crippen molar-refractivity contribution in [2.45, 2.75) is 25.0 Å². The summed E-state index contributed by atoms with van der Waals surface area (Å²) in [6, 6.07) is 7.75. The second-order valence-corrected chi connectivity index (χ2v) is 5.31. The number of ether oxygens (including phenoxy) is 1. The van der Waals surface area contributed by atoms with Crippen molar-refractivity contribution in [1.29, 1.82) is 0 Å². The van der Waals surface area contributed by atoms with E-state index in [4.69, 9.17) is 9.84 Å². The van der Waals surface area contributed by atoms with Crippen molar-refractivity contribution in [1.82, 2.24) is 14.8 Å². The molecule has 0 amide bonds. The highest BCUT2D eigenvalue weighted by molar-refractivity contribution is 7.99. The number of aryl methyl sites for hydroxylation is 1. The van der Waals surface area contributed by atoms with Crippen LogP contribution in [0.15, 0.2) is 29.4 Å². The quantitative estimate of drug-likeness (QED) is 0.789. The SMILES string of the molecule is CCc1nnc(SCC(=O)O)n1Cc1cccc(OC)c1. The number of hydrogen-bond donors (Lipinski definition) is 1. The van der Waals surface area contributed by atoms with E-state index in [2.05, 4.69) is 10.2 Å². The number of thioether (sulfide) groups is 1. The van der Waals surface area contributed by atoms with Gasteiger partial charge in [-0.1, -0.05) is 30.8 Å². The third-order valence-corrected chi connectivity index (χ3v) is 3.86. The predicted molar refractivity (Wildman–Crippen MR) is 79.9 cm³/mol. The Bertz CT molecular complexity index is 628. The van der Waals surface area contributed by atoms with E-state index in [1.807, 2.05) is 35.8 Å². The van der Waals surface area contributed by atoms with Gasteiger partial charge in [-0.05, 0) is 17.7 Å². The van der Waals surface area contributed by atoms with Crippen LogP contribution in [0.1, 0.15) is 18.3 Å². The maximum Gasteiger partial charge on any atom is 0.313 e. The second-order valence-electron chi connectivity index (χ2n) is 4.37. The van der Waals surface area contributed by atoms with Crippen LogP contribution in [0.4, 0.5) is 0 Å². The van der Waals surface area contributed by atoms with E-state index in [-0.39, 0.29) is 5.75 Å². The molecular formula is C14H17N3O3S. The monoisotopic (exact) mass is 307 g/mol. The standard InChI is InChI=1S/C14H17N3O3S/c1-3-12-15-16-14(21-9-13(18)19)17(12)8-10-5-4-6-11(7-10)20-2/h4-7H,3,8-9H2,1-2H3,(H,18,19). The van der Waals surface area contributed by atoms with E-state index in [0.717, 1.165) is 23.6 Å². The van der Waals surface area contributed by atoms with Gasteiger partial charge in [-0.15, -0.1) is 10.2 Å². The van der Waals surface area contributed by atoms with Gasteiger partial charge in [0, 0.05) is 6.42 Å². The van der Waals surface area contributed by atoms with E-state index in [0.29, 0.717) is 11.7 Å². The second kappa shape index (κ2) is 7.12. The Morgan fingerprint density at radius 2 is 2.24 bits per heavy atom. The van der Waals surface area contributed by atoms with Crippen LogP contribution >= 0.6 is 11.8 Å². The summed E-state index contributed by atoms with van der Waals surface area (Å²) in [6.07, 6.45) is 0.741. The number of nitrogens with zero attached hydrogens (tertiary/aromatic N) is 3. The lowest BCUT2D eigenvalue weighted by molar-refractivity contribution is -0.133. The zero-order valence-corrected chi connectivity index (χ0v) is 12.8. The van der Waals surface area contributed by atoms with Gasteiger partial charge in [0.15, 0.2) is 5.16 Å². The summed E-state index contributed by atoms with van der Waals surface area (Å²) >= 11 is 1.18. The van der Waals surface area contributed by atoms with Gasteiger partial charge in [0.05, 0.1) is 19.4 Å². The average Bonchev–Trinajstić information content (AvgIpc) is 2.87. The van der Waals surface area contributed by atoms with E-state index >= 15 is 0 Å². The molecule has 1 aromatic heterocycles. The van der Waals surface area contributed by atoms with E-state index < -0.39 is 5.97 Å². The number of carbonyl (C=O) groups is 1. The third kappa shape index (κ3) is 3.98. The molecule has 112 valence electrons. The van der Waals surface area contributed by atoms with Crippen molar-refractivity contribution in [3.8, 4) is 5.75 Å². The molecule has 0 unspecified atom stereocenters. The van der Waals surface area contributed by atoms with Crippen molar-refractivity contribution < 1.29 is 14.6 Å². The third-order valence-electron chi connectivity index (χ3n) is 2.91. The minimum Gasteiger partial charge on any atom is -0.497 e. The van der Waals surface area contributed by atoms with Gasteiger partial charge < -0.3 is 14.4 Å². The van der Waals surface area contributed by atoms with Crippen molar-refractivity contribution in [3.05, 3.63) is 35.7 Å². The lowest BCUT2D eigenvalue weighted by Gasteiger charge is -2.10. The summed E-state index contributed by atoms with van der Waals surface area (Å²) in [7, 11) is 1.63. The topological polar surface area (TPSA) is 77.2 Å². The van der Waals surface area contributed by atoms with Gasteiger partial charge in [-0.2, -0.15) is 0 Å². The number of aliphatic carboxylic acids is 1. The molecule has 2 aromatic rings. The molecule has 1 heterocycles. The molecule has 0 spiro atoms. The first-order valence-electron chi connectivity index (χ1n) is 6.53. The van der Waals surface area contributed by atoms with E-state index in [9.17, 15) is 4.79 Å². The van der Waals surface area contributed by atoms with Gasteiger partial charge >= 0.3 is 5.97 Å². The van der Waals surface area contributed by atoms with Gasteiger partial charge in [0.2, 0.25) is 0 Å². The molecule has 21 heavy (non-hydrogen) atoms. The van der Waals surface area contributed by atoms with Gasteiger partial charge in [0.25, 0.3) is 0 Å². The first-order chi connectivity index (χ1) is 10.1. The van der Waals surface area contributed by atoms with Crippen LogP contribution in [-0.2, 0) is 17.8 Å². The van der Waals surface area contributed by atoms with Crippen molar-refractivity contribution in [2.24, 2.45) is 0 Å². The van der Waals surface area contributed by atoms with Gasteiger partial charge in [-0.3, -0.25) is 4.79 Å². The predicted octanol–water partition coefficient (Wildman–Crippen LogP) is 2.07. The lowest BCUT2D eigenvalue weighted by atomic mass is 10.2. The Labute approximate surface area is 127 Å². The van der Waals surface area contributed by atoms with Crippen molar-refractivity contribution >= 4 is 17.7 Å². The molecule has 0 aliphatic rings. The van der Waals surface area contributed by atoms with Gasteiger partial charge in [-0.25, -0.2) is 0 Å². The molecule has 0 bridgehead atoms. The molecule has 0 radical (unpaired) electrons. The summed E-state index contributed by atoms with van der Waals surface area (Å²) in [5, 5.41) is 17.6. The van der Waals surface area contributed by atoms with Crippen LogP contribution in [0.25, 0.3) is 0 Å². The maximum atomic E-state index is 10.7. The molecule has 0 fully saturated rings. The zero-order chi connectivity index (χ0) is 15.2. The molecular weight excluding hydrogens is 290 g/mol. The normalized spacial score (nSPS) is 10.6. The number of aromatic nitrogens is 3. The van der Waals surface area contributed by atoms with E-state index in [1.165, 1.54) is 11.8 Å². The highest BCUT2D eigenvalue weighted by Gasteiger charge is 2.13. The van der Waals surface area contributed by atoms with Crippen molar-refractivity contribution in [3.63, 3.8) is 0 Å². The Balaban J connectivity index is 2.24. The van der Waals surface area contributed by atoms with Gasteiger partial charge in [0.1, 0.15) is 11.6 Å². The van der Waals surface area contributed by atoms with Crippen LogP contribution in [0.3, 0.4) is 0 Å². The molecule has 0 saturated carbocycles. The van der Waals surface area contributed by atoms with Crippen LogP contribution in [-0.4, -0.2) is 38.7 Å². The minimum atomic E-state index is -0.867. The number of hydrogen-bond acceptors (Lipinski definition) is 5. The summed E-state index contributed by atoms with van der Waals surface area (Å²) < 4.78 is 7.16. The largest absolute Gasteiger partial charge is 0.497 e. The number of carboxylic acids is 1. The van der Waals surface area contributed by atoms with Crippen LogP contribution in [0.5, 0.6) is 5.75 Å². The Morgan fingerprint density at radius 1 is 1.43 bits per heavy atom. The van der Waals surface area contributed by atoms with Crippen molar-refractivity contribution in [2.75, 3.05) is 12.9 Å². The molecule has 0 atom stereocenters. The number of benzene rings is 1. The summed E-state index contributed by atoms with van der Waals surface area (Å²) in [5.74, 6) is 0.734. The lowest BCUT2D eigenvalue weighted by Crippen LogP contribution is -2.07. The Morgan fingerprint density at radius 3 is 2.90 bits per heavy atom. The molecule has 1 N–H and O–H groups in total.